The number of hydrogen-bond donors (Lipinski definition) is 0. The first-order valence-electron chi connectivity index (χ1n) is 11.0. The number of hydrogen-bond acceptors (Lipinski definition) is 3. The third-order valence-electron chi connectivity index (χ3n) is 7.60. The fraction of sp³-hybridized carbons (Fsp3) is 0.857. The van der Waals surface area contributed by atoms with Crippen molar-refractivity contribution >= 4 is 5.91 Å². The summed E-state index contributed by atoms with van der Waals surface area (Å²) in [4.78, 5) is 15.1. The van der Waals surface area contributed by atoms with Crippen LogP contribution in [-0.4, -0.2) is 38.7 Å². The monoisotopic (exact) mass is 356 g/mol. The van der Waals surface area contributed by atoms with Gasteiger partial charge in [-0.1, -0.05) is 12.8 Å². The predicted octanol–water partition coefficient (Wildman–Crippen LogP) is 3.54. The second-order valence-electron chi connectivity index (χ2n) is 9.25. The topological polar surface area (TPSA) is 51.0 Å². The largest absolute Gasteiger partial charge is 0.342 e. The van der Waals surface area contributed by atoms with Crippen molar-refractivity contribution in [1.82, 2.24) is 19.7 Å². The molecular weight excluding hydrogens is 324 g/mol. The van der Waals surface area contributed by atoms with Gasteiger partial charge in [0.15, 0.2) is 0 Å². The van der Waals surface area contributed by atoms with Crippen molar-refractivity contribution in [2.45, 2.75) is 83.1 Å². The van der Waals surface area contributed by atoms with E-state index in [0.717, 1.165) is 63.0 Å². The van der Waals surface area contributed by atoms with Crippen LogP contribution in [0, 0.1) is 17.8 Å². The third-order valence-corrected chi connectivity index (χ3v) is 7.60. The summed E-state index contributed by atoms with van der Waals surface area (Å²) in [5.41, 5.74) is 0. The van der Waals surface area contributed by atoms with Crippen LogP contribution in [0.5, 0.6) is 0 Å². The number of nitrogens with zero attached hydrogens (tertiary/aromatic N) is 4. The second kappa shape index (κ2) is 6.97. The molecule has 3 heterocycles. The highest BCUT2D eigenvalue weighted by Crippen LogP contribution is 2.49. The number of amides is 1. The van der Waals surface area contributed by atoms with Crippen molar-refractivity contribution in [2.24, 2.45) is 17.8 Å². The Morgan fingerprint density at radius 1 is 1.00 bits per heavy atom. The van der Waals surface area contributed by atoms with Crippen molar-refractivity contribution in [2.75, 3.05) is 13.1 Å². The van der Waals surface area contributed by atoms with Crippen LogP contribution in [-0.2, 0) is 17.8 Å². The highest BCUT2D eigenvalue weighted by Gasteiger charge is 2.41. The van der Waals surface area contributed by atoms with Crippen LogP contribution in [0.4, 0.5) is 0 Å². The zero-order valence-electron chi connectivity index (χ0n) is 15.9. The Balaban J connectivity index is 1.25. The SMILES string of the molecule is O=C(C[C@@H]1C[C@H]2CC[C@H]1C2)N1CCC[C@H](c2nnc3n2CCCCC3)C1. The molecule has 4 atom stereocenters. The molecule has 2 aliphatic carbocycles. The van der Waals surface area contributed by atoms with Crippen LogP contribution in [0.3, 0.4) is 0 Å². The lowest BCUT2D eigenvalue weighted by atomic mass is 9.85. The number of piperidine rings is 1. The summed E-state index contributed by atoms with van der Waals surface area (Å²) in [5, 5.41) is 9.05. The first-order chi connectivity index (χ1) is 12.8. The van der Waals surface area contributed by atoms with Crippen LogP contribution in [0.1, 0.15) is 81.8 Å². The minimum Gasteiger partial charge on any atom is -0.342 e. The molecule has 1 aromatic rings. The summed E-state index contributed by atoms with van der Waals surface area (Å²) in [7, 11) is 0. The normalized spacial score (nSPS) is 33.9. The van der Waals surface area contributed by atoms with Crippen LogP contribution in [0.15, 0.2) is 0 Å². The fourth-order valence-electron chi connectivity index (χ4n) is 6.20. The van der Waals surface area contributed by atoms with E-state index in [4.69, 9.17) is 0 Å². The Hall–Kier alpha value is -1.39. The van der Waals surface area contributed by atoms with Crippen molar-refractivity contribution in [3.63, 3.8) is 0 Å². The van der Waals surface area contributed by atoms with E-state index >= 15 is 0 Å². The van der Waals surface area contributed by atoms with Crippen molar-refractivity contribution in [3.8, 4) is 0 Å². The molecule has 0 spiro atoms. The van der Waals surface area contributed by atoms with Gasteiger partial charge in [-0.05, 0) is 62.7 Å². The lowest BCUT2D eigenvalue weighted by molar-refractivity contribution is -0.133. The maximum atomic E-state index is 13.0. The van der Waals surface area contributed by atoms with E-state index < -0.39 is 0 Å². The van der Waals surface area contributed by atoms with E-state index in [9.17, 15) is 4.79 Å². The molecule has 26 heavy (non-hydrogen) atoms. The van der Waals surface area contributed by atoms with Crippen LogP contribution < -0.4 is 0 Å². The minimum atomic E-state index is 0.382. The molecule has 5 heteroatoms. The van der Waals surface area contributed by atoms with E-state index in [2.05, 4.69) is 19.7 Å². The molecule has 142 valence electrons. The molecule has 4 aliphatic rings. The molecule has 2 saturated carbocycles. The van der Waals surface area contributed by atoms with Gasteiger partial charge in [0.05, 0.1) is 0 Å². The highest BCUT2D eigenvalue weighted by atomic mass is 16.2. The van der Waals surface area contributed by atoms with Gasteiger partial charge < -0.3 is 9.47 Å². The quantitative estimate of drug-likeness (QED) is 0.832. The van der Waals surface area contributed by atoms with Crippen molar-refractivity contribution in [1.29, 1.82) is 0 Å². The maximum Gasteiger partial charge on any atom is 0.222 e. The molecular formula is C21H32N4O. The van der Waals surface area contributed by atoms with E-state index in [0.29, 0.717) is 17.7 Å². The Labute approximate surface area is 156 Å². The van der Waals surface area contributed by atoms with Crippen molar-refractivity contribution < 1.29 is 4.79 Å². The number of rotatable bonds is 3. The van der Waals surface area contributed by atoms with Gasteiger partial charge in [0.1, 0.15) is 11.6 Å². The standard InChI is InChI=1S/C21H32N4O/c26-20(13-18-12-15-7-8-16(18)11-15)24-9-4-5-17(14-24)21-23-22-19-6-2-1-3-10-25(19)21/h15-18H,1-14H2/t15-,16-,17-,18-/m0/s1. The molecule has 1 amide bonds. The van der Waals surface area contributed by atoms with Crippen LogP contribution in [0.25, 0.3) is 0 Å². The van der Waals surface area contributed by atoms with E-state index in [1.54, 1.807) is 0 Å². The zero-order valence-corrected chi connectivity index (χ0v) is 15.9. The molecule has 5 rings (SSSR count). The number of fused-ring (bicyclic) bond motifs is 3. The van der Waals surface area contributed by atoms with E-state index in [-0.39, 0.29) is 0 Å². The molecule has 0 aromatic carbocycles. The minimum absolute atomic E-state index is 0.382. The van der Waals surface area contributed by atoms with Gasteiger partial charge in [-0.2, -0.15) is 0 Å². The van der Waals surface area contributed by atoms with Gasteiger partial charge in [-0.3, -0.25) is 4.79 Å². The molecule has 2 bridgehead atoms. The molecule has 0 N–H and O–H groups in total. The number of carbonyl (C=O) groups excluding carboxylic acids is 1. The number of aromatic nitrogens is 3. The van der Waals surface area contributed by atoms with E-state index in [1.165, 1.54) is 50.8 Å². The second-order valence-corrected chi connectivity index (χ2v) is 9.25. The summed E-state index contributed by atoms with van der Waals surface area (Å²) in [6.45, 7) is 2.86. The summed E-state index contributed by atoms with van der Waals surface area (Å²) in [6.07, 6.45) is 13.4. The van der Waals surface area contributed by atoms with Gasteiger partial charge in [0.25, 0.3) is 0 Å². The lowest BCUT2D eigenvalue weighted by Crippen LogP contribution is -2.40. The zero-order chi connectivity index (χ0) is 17.5. The van der Waals surface area contributed by atoms with Gasteiger partial charge >= 0.3 is 0 Å². The predicted molar refractivity (Wildman–Crippen MR) is 99.7 cm³/mol. The fourth-order valence-corrected chi connectivity index (χ4v) is 6.20. The average molecular weight is 357 g/mol. The Morgan fingerprint density at radius 2 is 1.96 bits per heavy atom. The molecule has 0 unspecified atom stereocenters. The van der Waals surface area contributed by atoms with Gasteiger partial charge in [0, 0.05) is 38.4 Å². The molecule has 0 radical (unpaired) electrons. The smallest absolute Gasteiger partial charge is 0.222 e. The average Bonchev–Trinajstić information content (AvgIpc) is 3.34. The van der Waals surface area contributed by atoms with Gasteiger partial charge in [-0.25, -0.2) is 0 Å². The van der Waals surface area contributed by atoms with Crippen LogP contribution in [0.2, 0.25) is 0 Å². The maximum absolute atomic E-state index is 13.0. The highest BCUT2D eigenvalue weighted by molar-refractivity contribution is 5.76. The first-order valence-corrected chi connectivity index (χ1v) is 11.0. The summed E-state index contributed by atoms with van der Waals surface area (Å²) < 4.78 is 2.38. The first kappa shape index (κ1) is 16.8. The summed E-state index contributed by atoms with van der Waals surface area (Å²) in [6, 6.07) is 0. The number of carbonyl (C=O) groups is 1. The third kappa shape index (κ3) is 3.07. The van der Waals surface area contributed by atoms with Gasteiger partial charge in [-0.15, -0.1) is 10.2 Å². The summed E-state index contributed by atoms with van der Waals surface area (Å²) in [5.74, 6) is 5.55. The molecule has 1 saturated heterocycles. The molecule has 2 aliphatic heterocycles. The molecule has 3 fully saturated rings. The Kier molecular flexibility index (Phi) is 4.49. The summed E-state index contributed by atoms with van der Waals surface area (Å²) >= 11 is 0. The number of likely N-dealkylation sites (tertiary alicyclic amines) is 1. The van der Waals surface area contributed by atoms with Crippen LogP contribution >= 0.6 is 0 Å². The Bertz CT molecular complexity index is 669. The van der Waals surface area contributed by atoms with Gasteiger partial charge in [0.2, 0.25) is 5.91 Å². The molecule has 1 aromatic heterocycles. The van der Waals surface area contributed by atoms with E-state index in [1.807, 2.05) is 0 Å². The molecule has 5 nitrogen and oxygen atoms in total. The van der Waals surface area contributed by atoms with Crippen molar-refractivity contribution in [3.05, 3.63) is 11.6 Å². The Morgan fingerprint density at radius 3 is 2.81 bits per heavy atom. The number of aryl methyl sites for hydroxylation is 1. The lowest BCUT2D eigenvalue weighted by Gasteiger charge is -2.34.